The highest BCUT2D eigenvalue weighted by atomic mass is 32.2. The molecular weight excluding hydrogens is 178 g/mol. The molecule has 0 spiro atoms. The van der Waals surface area contributed by atoms with Crippen molar-refractivity contribution in [3.05, 3.63) is 0 Å². The summed E-state index contributed by atoms with van der Waals surface area (Å²) in [6.45, 7) is 4.11. The van der Waals surface area contributed by atoms with E-state index < -0.39 is 10.0 Å². The van der Waals surface area contributed by atoms with Crippen LogP contribution in [0, 0.1) is 5.92 Å². The van der Waals surface area contributed by atoms with Gasteiger partial charge in [0.05, 0.1) is 12.4 Å². The maximum Gasteiger partial charge on any atom is 0.213 e. The first-order valence-corrected chi connectivity index (χ1v) is 5.75. The fourth-order valence-electron chi connectivity index (χ4n) is 0.606. The van der Waals surface area contributed by atoms with Gasteiger partial charge in [-0.25, -0.2) is 13.1 Å². The normalized spacial score (nSPS) is 14.6. The molecule has 0 amide bonds. The molecule has 0 aliphatic rings. The average Bonchev–Trinajstić information content (AvgIpc) is 2.00. The first-order valence-electron chi connectivity index (χ1n) is 4.10. The van der Waals surface area contributed by atoms with Crippen molar-refractivity contribution in [2.45, 2.75) is 20.3 Å². The minimum atomic E-state index is -3.24. The van der Waals surface area contributed by atoms with Gasteiger partial charge in [-0.15, -0.1) is 0 Å². The Bertz CT molecular complexity index is 201. The minimum Gasteiger partial charge on any atom is -0.395 e. The van der Waals surface area contributed by atoms with Crippen LogP contribution in [0.15, 0.2) is 0 Å². The van der Waals surface area contributed by atoms with Crippen molar-refractivity contribution in [2.24, 2.45) is 5.92 Å². The maximum absolute atomic E-state index is 11.0. The van der Waals surface area contributed by atoms with Crippen LogP contribution in [0.2, 0.25) is 0 Å². The monoisotopic (exact) mass is 195 g/mol. The number of aliphatic hydroxyl groups excluding tert-OH is 1. The van der Waals surface area contributed by atoms with E-state index in [0.717, 1.165) is 6.42 Å². The molecule has 0 aromatic rings. The second-order valence-corrected chi connectivity index (χ2v) is 4.83. The molecule has 0 aliphatic heterocycles. The van der Waals surface area contributed by atoms with Gasteiger partial charge in [-0.3, -0.25) is 0 Å². The smallest absolute Gasteiger partial charge is 0.213 e. The standard InChI is InChI=1S/C7H17NO3S/c1-3-7(2)6-8-12(10,11)5-4-9/h7-9H,3-6H2,1-2H3. The zero-order valence-electron chi connectivity index (χ0n) is 7.58. The van der Waals surface area contributed by atoms with Gasteiger partial charge >= 0.3 is 0 Å². The molecule has 12 heavy (non-hydrogen) atoms. The van der Waals surface area contributed by atoms with E-state index in [1.54, 1.807) is 0 Å². The van der Waals surface area contributed by atoms with Crippen LogP contribution in [-0.4, -0.2) is 32.4 Å². The summed E-state index contributed by atoms with van der Waals surface area (Å²) < 4.78 is 24.4. The highest BCUT2D eigenvalue weighted by molar-refractivity contribution is 7.89. The lowest BCUT2D eigenvalue weighted by atomic mass is 10.1. The molecular formula is C7H17NO3S. The van der Waals surface area contributed by atoms with Crippen LogP contribution < -0.4 is 4.72 Å². The van der Waals surface area contributed by atoms with Crippen molar-refractivity contribution in [3.63, 3.8) is 0 Å². The summed E-state index contributed by atoms with van der Waals surface area (Å²) >= 11 is 0. The number of rotatable bonds is 6. The summed E-state index contributed by atoms with van der Waals surface area (Å²) in [6, 6.07) is 0. The van der Waals surface area contributed by atoms with E-state index in [-0.39, 0.29) is 12.4 Å². The van der Waals surface area contributed by atoms with Gasteiger partial charge in [-0.1, -0.05) is 20.3 Å². The second kappa shape index (κ2) is 5.50. The number of sulfonamides is 1. The lowest BCUT2D eigenvalue weighted by Crippen LogP contribution is -2.31. The van der Waals surface area contributed by atoms with E-state index in [9.17, 15) is 8.42 Å². The summed E-state index contributed by atoms with van der Waals surface area (Å²) in [7, 11) is -3.24. The van der Waals surface area contributed by atoms with Gasteiger partial charge in [0, 0.05) is 6.54 Å². The molecule has 0 radical (unpaired) electrons. The number of aliphatic hydroxyl groups is 1. The zero-order valence-corrected chi connectivity index (χ0v) is 8.39. The molecule has 1 unspecified atom stereocenters. The third-order valence-electron chi connectivity index (χ3n) is 1.71. The molecule has 4 nitrogen and oxygen atoms in total. The topological polar surface area (TPSA) is 66.4 Å². The van der Waals surface area contributed by atoms with Crippen LogP contribution in [0.5, 0.6) is 0 Å². The first kappa shape index (κ1) is 11.9. The van der Waals surface area contributed by atoms with Crippen molar-refractivity contribution in [2.75, 3.05) is 18.9 Å². The largest absolute Gasteiger partial charge is 0.395 e. The van der Waals surface area contributed by atoms with E-state index in [1.807, 2.05) is 13.8 Å². The highest BCUT2D eigenvalue weighted by Crippen LogP contribution is 1.98. The number of hydrogen-bond acceptors (Lipinski definition) is 3. The summed E-state index contributed by atoms with van der Waals surface area (Å²) in [4.78, 5) is 0. The molecule has 74 valence electrons. The SMILES string of the molecule is CCC(C)CNS(=O)(=O)CCO. The minimum absolute atomic E-state index is 0.205. The highest BCUT2D eigenvalue weighted by Gasteiger charge is 2.09. The van der Waals surface area contributed by atoms with Crippen LogP contribution in [0.3, 0.4) is 0 Å². The zero-order chi connectivity index (χ0) is 9.61. The van der Waals surface area contributed by atoms with Gasteiger partial charge in [-0.05, 0) is 5.92 Å². The van der Waals surface area contributed by atoms with Crippen LogP contribution in [0.1, 0.15) is 20.3 Å². The van der Waals surface area contributed by atoms with Gasteiger partial charge in [0.25, 0.3) is 0 Å². The summed E-state index contributed by atoms with van der Waals surface area (Å²) in [5, 5.41) is 8.41. The molecule has 0 aromatic heterocycles. The van der Waals surface area contributed by atoms with E-state index in [2.05, 4.69) is 4.72 Å². The van der Waals surface area contributed by atoms with Crippen LogP contribution in [-0.2, 0) is 10.0 Å². The lowest BCUT2D eigenvalue weighted by Gasteiger charge is -2.09. The van der Waals surface area contributed by atoms with Crippen molar-refractivity contribution in [3.8, 4) is 0 Å². The van der Waals surface area contributed by atoms with Crippen molar-refractivity contribution < 1.29 is 13.5 Å². The predicted molar refractivity (Wildman–Crippen MR) is 48.3 cm³/mol. The second-order valence-electron chi connectivity index (χ2n) is 2.90. The predicted octanol–water partition coefficient (Wildman–Crippen LogP) is -0.0558. The van der Waals surface area contributed by atoms with Crippen LogP contribution in [0.25, 0.3) is 0 Å². The first-order chi connectivity index (χ1) is 5.52. The van der Waals surface area contributed by atoms with E-state index in [0.29, 0.717) is 12.5 Å². The Morgan fingerprint density at radius 1 is 1.50 bits per heavy atom. The molecule has 0 saturated carbocycles. The van der Waals surface area contributed by atoms with Crippen LogP contribution in [0.4, 0.5) is 0 Å². The molecule has 0 fully saturated rings. The molecule has 0 rings (SSSR count). The fourth-order valence-corrected chi connectivity index (χ4v) is 1.53. The third-order valence-corrected chi connectivity index (χ3v) is 3.04. The Morgan fingerprint density at radius 3 is 2.50 bits per heavy atom. The molecule has 0 aromatic carbocycles. The maximum atomic E-state index is 11.0. The van der Waals surface area contributed by atoms with Crippen molar-refractivity contribution >= 4 is 10.0 Å². The van der Waals surface area contributed by atoms with E-state index in [1.165, 1.54) is 0 Å². The van der Waals surface area contributed by atoms with Crippen molar-refractivity contribution in [1.29, 1.82) is 0 Å². The van der Waals surface area contributed by atoms with E-state index >= 15 is 0 Å². The Hall–Kier alpha value is -0.130. The third kappa shape index (κ3) is 5.51. The Labute approximate surface area is 74.0 Å². The molecule has 0 aliphatic carbocycles. The summed E-state index contributed by atoms with van der Waals surface area (Å²) in [5.74, 6) is 0.141. The summed E-state index contributed by atoms with van der Waals surface area (Å²) in [5.41, 5.74) is 0. The Morgan fingerprint density at radius 2 is 2.08 bits per heavy atom. The lowest BCUT2D eigenvalue weighted by molar-refractivity contribution is 0.319. The fraction of sp³-hybridized carbons (Fsp3) is 1.00. The quantitative estimate of drug-likeness (QED) is 0.624. The number of hydrogen-bond donors (Lipinski definition) is 2. The van der Waals surface area contributed by atoms with Gasteiger partial charge < -0.3 is 5.11 Å². The molecule has 0 bridgehead atoms. The summed E-state index contributed by atoms with van der Waals surface area (Å²) in [6.07, 6.45) is 0.946. The average molecular weight is 195 g/mol. The van der Waals surface area contributed by atoms with Gasteiger partial charge in [0.1, 0.15) is 0 Å². The van der Waals surface area contributed by atoms with Gasteiger partial charge in [0.15, 0.2) is 0 Å². The molecule has 0 heterocycles. The molecule has 5 heteroatoms. The van der Waals surface area contributed by atoms with Crippen molar-refractivity contribution in [1.82, 2.24) is 4.72 Å². The van der Waals surface area contributed by atoms with Gasteiger partial charge in [-0.2, -0.15) is 0 Å². The molecule has 2 N–H and O–H groups in total. The van der Waals surface area contributed by atoms with E-state index in [4.69, 9.17) is 5.11 Å². The Balaban J connectivity index is 3.76. The molecule has 0 saturated heterocycles. The van der Waals surface area contributed by atoms with Crippen LogP contribution >= 0.6 is 0 Å². The number of nitrogens with one attached hydrogen (secondary N) is 1. The molecule has 1 atom stereocenters. The Kier molecular flexibility index (Phi) is 5.44. The van der Waals surface area contributed by atoms with Gasteiger partial charge in [0.2, 0.25) is 10.0 Å².